The molecule has 3 amide bonds. The van der Waals surface area contributed by atoms with Gasteiger partial charge in [0.15, 0.2) is 0 Å². The van der Waals surface area contributed by atoms with Crippen LogP contribution < -0.4 is 26.2 Å². The van der Waals surface area contributed by atoms with Gasteiger partial charge < -0.3 is 15.4 Å². The quantitative estimate of drug-likeness (QED) is 0.559. The predicted molar refractivity (Wildman–Crippen MR) is 134 cm³/mol. The Morgan fingerprint density at radius 3 is 2.49 bits per heavy atom. The van der Waals surface area contributed by atoms with Gasteiger partial charge in [-0.3, -0.25) is 25.4 Å². The van der Waals surface area contributed by atoms with Gasteiger partial charge in [-0.15, -0.1) is 0 Å². The van der Waals surface area contributed by atoms with E-state index in [0.717, 1.165) is 56.0 Å². The number of anilines is 1. The Bertz CT molecular complexity index is 1060. The molecule has 186 valence electrons. The van der Waals surface area contributed by atoms with E-state index < -0.39 is 0 Å². The number of nitrogens with two attached hydrogens (primary N) is 1. The van der Waals surface area contributed by atoms with E-state index in [9.17, 15) is 9.59 Å². The fourth-order valence-corrected chi connectivity index (χ4v) is 5.59. The summed E-state index contributed by atoms with van der Waals surface area (Å²) in [5.74, 6) is 0.901. The SMILES string of the molecule is COc1cccc(CN2C(=O)N(c3ccc(C4CNNC4)cc3)CC23CCN(CC(N)=O)CC3)c1. The fraction of sp³-hybridized carbons (Fsp3) is 0.462. The van der Waals surface area contributed by atoms with Crippen LogP contribution in [0.15, 0.2) is 48.5 Å². The van der Waals surface area contributed by atoms with Crippen molar-refractivity contribution < 1.29 is 14.3 Å². The summed E-state index contributed by atoms with van der Waals surface area (Å²) in [5.41, 5.74) is 14.7. The number of hydrogen-bond donors (Lipinski definition) is 3. The van der Waals surface area contributed by atoms with Gasteiger partial charge in [0, 0.05) is 44.3 Å². The lowest BCUT2D eigenvalue weighted by atomic mass is 9.86. The van der Waals surface area contributed by atoms with Gasteiger partial charge in [-0.25, -0.2) is 4.79 Å². The van der Waals surface area contributed by atoms with Gasteiger partial charge in [-0.2, -0.15) is 0 Å². The Balaban J connectivity index is 1.40. The van der Waals surface area contributed by atoms with Crippen molar-refractivity contribution in [1.29, 1.82) is 0 Å². The number of benzene rings is 2. The van der Waals surface area contributed by atoms with Crippen LogP contribution in [0.1, 0.15) is 29.9 Å². The Labute approximate surface area is 206 Å². The minimum Gasteiger partial charge on any atom is -0.497 e. The smallest absolute Gasteiger partial charge is 0.325 e. The normalized spacial score (nSPS) is 20.7. The minimum absolute atomic E-state index is 0.0214. The van der Waals surface area contributed by atoms with Crippen LogP contribution in [0.4, 0.5) is 10.5 Å². The van der Waals surface area contributed by atoms with Crippen molar-refractivity contribution >= 4 is 17.6 Å². The maximum atomic E-state index is 13.9. The molecule has 4 N–H and O–H groups in total. The highest BCUT2D eigenvalue weighted by Crippen LogP contribution is 2.39. The predicted octanol–water partition coefficient (Wildman–Crippen LogP) is 1.65. The van der Waals surface area contributed by atoms with E-state index in [2.05, 4.69) is 40.0 Å². The van der Waals surface area contributed by atoms with Gasteiger partial charge in [-0.1, -0.05) is 24.3 Å². The molecule has 0 unspecified atom stereocenters. The number of ether oxygens (including phenoxy) is 1. The molecule has 3 aliphatic rings. The van der Waals surface area contributed by atoms with E-state index in [1.54, 1.807) is 7.11 Å². The molecule has 9 nitrogen and oxygen atoms in total. The number of hydrogen-bond acceptors (Lipinski definition) is 6. The minimum atomic E-state index is -0.314. The van der Waals surface area contributed by atoms with E-state index in [1.807, 2.05) is 34.1 Å². The number of nitrogens with zero attached hydrogens (tertiary/aromatic N) is 3. The van der Waals surface area contributed by atoms with E-state index in [1.165, 1.54) is 5.56 Å². The second-order valence-electron chi connectivity index (χ2n) is 9.82. The van der Waals surface area contributed by atoms with Crippen LogP contribution in [0.3, 0.4) is 0 Å². The Morgan fingerprint density at radius 1 is 1.11 bits per heavy atom. The number of carbonyl (C=O) groups excluding carboxylic acids is 2. The molecular weight excluding hydrogens is 444 g/mol. The Morgan fingerprint density at radius 2 is 1.83 bits per heavy atom. The third-order valence-electron chi connectivity index (χ3n) is 7.63. The average Bonchev–Trinajstić information content (AvgIpc) is 3.49. The van der Waals surface area contributed by atoms with Gasteiger partial charge in [-0.05, 0) is 48.2 Å². The highest BCUT2D eigenvalue weighted by Gasteiger charge is 2.51. The molecule has 0 atom stereocenters. The van der Waals surface area contributed by atoms with E-state index in [0.29, 0.717) is 19.0 Å². The second-order valence-corrected chi connectivity index (χ2v) is 9.82. The van der Waals surface area contributed by atoms with E-state index in [4.69, 9.17) is 10.5 Å². The van der Waals surface area contributed by atoms with Crippen LogP contribution >= 0.6 is 0 Å². The molecule has 0 bridgehead atoms. The lowest BCUT2D eigenvalue weighted by Gasteiger charge is -2.43. The monoisotopic (exact) mass is 478 g/mol. The molecule has 0 aromatic heterocycles. The first kappa shape index (κ1) is 23.6. The topological polar surface area (TPSA) is 103 Å². The summed E-state index contributed by atoms with van der Waals surface area (Å²) in [6.07, 6.45) is 1.59. The van der Waals surface area contributed by atoms with Crippen LogP contribution in [0.5, 0.6) is 5.75 Å². The van der Waals surface area contributed by atoms with Crippen molar-refractivity contribution in [3.05, 3.63) is 59.7 Å². The van der Waals surface area contributed by atoms with Crippen LogP contribution in [-0.4, -0.2) is 73.7 Å². The Kier molecular flexibility index (Phi) is 6.64. The lowest BCUT2D eigenvalue weighted by Crippen LogP contribution is -2.55. The zero-order chi connectivity index (χ0) is 24.4. The maximum Gasteiger partial charge on any atom is 0.325 e. The van der Waals surface area contributed by atoms with Gasteiger partial charge in [0.25, 0.3) is 0 Å². The number of hydrazine groups is 1. The molecule has 0 saturated carbocycles. The number of primary amides is 1. The highest BCUT2D eigenvalue weighted by atomic mass is 16.5. The van der Waals surface area contributed by atoms with Gasteiger partial charge in [0.05, 0.1) is 25.7 Å². The van der Waals surface area contributed by atoms with E-state index in [-0.39, 0.29) is 24.0 Å². The molecule has 3 heterocycles. The highest BCUT2D eigenvalue weighted by molar-refractivity contribution is 5.95. The molecule has 2 aromatic carbocycles. The number of nitrogens with one attached hydrogen (secondary N) is 2. The Hall–Kier alpha value is -3.14. The summed E-state index contributed by atoms with van der Waals surface area (Å²) in [6, 6.07) is 16.3. The average molecular weight is 479 g/mol. The molecule has 5 rings (SSSR count). The standard InChI is InChI=1S/C26H34N6O3/c1-35-23-4-2-3-19(13-23)16-32-25(34)31(18-26(32)9-11-30(12-10-26)17-24(27)33)22-7-5-20(6-8-22)21-14-28-29-15-21/h2-8,13,21,28-29H,9-12,14-18H2,1H3,(H2,27,33). The number of methoxy groups -OCH3 is 1. The number of rotatable bonds is 7. The molecule has 3 aliphatic heterocycles. The third-order valence-corrected chi connectivity index (χ3v) is 7.63. The van der Waals surface area contributed by atoms with Crippen LogP contribution in [0, 0.1) is 0 Å². The summed E-state index contributed by atoms with van der Waals surface area (Å²) >= 11 is 0. The summed E-state index contributed by atoms with van der Waals surface area (Å²) in [6.45, 7) is 4.68. The number of carbonyl (C=O) groups is 2. The first-order chi connectivity index (χ1) is 17.0. The molecule has 2 aromatic rings. The fourth-order valence-electron chi connectivity index (χ4n) is 5.59. The summed E-state index contributed by atoms with van der Waals surface area (Å²) in [7, 11) is 1.65. The molecule has 3 fully saturated rings. The third kappa shape index (κ3) is 4.84. The first-order valence-corrected chi connectivity index (χ1v) is 12.3. The molecular formula is C26H34N6O3. The molecule has 1 spiro atoms. The van der Waals surface area contributed by atoms with Crippen molar-refractivity contribution in [3.8, 4) is 5.75 Å². The summed E-state index contributed by atoms with van der Waals surface area (Å²) < 4.78 is 5.40. The number of piperidine rings is 1. The number of urea groups is 1. The lowest BCUT2D eigenvalue weighted by molar-refractivity contribution is -0.119. The van der Waals surface area contributed by atoms with Crippen LogP contribution in [0.2, 0.25) is 0 Å². The van der Waals surface area contributed by atoms with Crippen LogP contribution in [-0.2, 0) is 11.3 Å². The van der Waals surface area contributed by atoms with Crippen molar-refractivity contribution in [2.45, 2.75) is 30.8 Å². The summed E-state index contributed by atoms with van der Waals surface area (Å²) in [4.78, 5) is 31.3. The van der Waals surface area contributed by atoms with E-state index >= 15 is 0 Å². The largest absolute Gasteiger partial charge is 0.497 e. The zero-order valence-electron chi connectivity index (χ0n) is 20.2. The van der Waals surface area contributed by atoms with Gasteiger partial charge >= 0.3 is 6.03 Å². The zero-order valence-corrected chi connectivity index (χ0v) is 20.2. The molecule has 35 heavy (non-hydrogen) atoms. The maximum absolute atomic E-state index is 13.9. The van der Waals surface area contributed by atoms with Crippen molar-refractivity contribution in [3.63, 3.8) is 0 Å². The van der Waals surface area contributed by atoms with Crippen molar-refractivity contribution in [2.75, 3.05) is 51.3 Å². The van der Waals surface area contributed by atoms with Gasteiger partial charge in [0.1, 0.15) is 5.75 Å². The molecule has 0 aliphatic carbocycles. The van der Waals surface area contributed by atoms with Crippen LogP contribution in [0.25, 0.3) is 0 Å². The summed E-state index contributed by atoms with van der Waals surface area (Å²) in [5, 5.41) is 0. The van der Waals surface area contributed by atoms with Gasteiger partial charge in [0.2, 0.25) is 5.91 Å². The van der Waals surface area contributed by atoms with Crippen molar-refractivity contribution in [2.24, 2.45) is 5.73 Å². The number of likely N-dealkylation sites (tertiary alicyclic amines) is 1. The molecule has 0 radical (unpaired) electrons. The molecule has 3 saturated heterocycles. The first-order valence-electron chi connectivity index (χ1n) is 12.3. The second kappa shape index (κ2) is 9.85. The number of amides is 3. The van der Waals surface area contributed by atoms with Crippen molar-refractivity contribution in [1.82, 2.24) is 20.7 Å². The molecule has 9 heteroatoms.